The molecule has 0 aliphatic rings. The molecular weight excluding hydrogens is 398 g/mol. The first-order valence-corrected chi connectivity index (χ1v) is 10.2. The number of nitrogens with one attached hydrogen (secondary N) is 1. The molecule has 146 valence electrons. The van der Waals surface area contributed by atoms with Crippen molar-refractivity contribution in [1.82, 2.24) is 14.9 Å². The van der Waals surface area contributed by atoms with E-state index in [9.17, 15) is 9.59 Å². The first-order chi connectivity index (χ1) is 13.5. The van der Waals surface area contributed by atoms with Gasteiger partial charge >= 0.3 is 0 Å². The van der Waals surface area contributed by atoms with Crippen LogP contribution in [0.3, 0.4) is 0 Å². The maximum atomic E-state index is 13.3. The topological polar surface area (TPSA) is 73.2 Å². The molecule has 0 fully saturated rings. The monoisotopic (exact) mass is 417 g/mol. The van der Waals surface area contributed by atoms with Crippen LogP contribution in [0.25, 0.3) is 16.6 Å². The number of thioether (sulfide) groups is 1. The average Bonchev–Trinajstić information content (AvgIpc) is 2.70. The highest BCUT2D eigenvalue weighted by atomic mass is 35.5. The van der Waals surface area contributed by atoms with Gasteiger partial charge in [-0.25, -0.2) is 4.98 Å². The van der Waals surface area contributed by atoms with E-state index in [1.54, 1.807) is 37.4 Å². The van der Waals surface area contributed by atoms with E-state index in [2.05, 4.69) is 10.3 Å². The van der Waals surface area contributed by atoms with Crippen LogP contribution in [0.5, 0.6) is 5.75 Å². The van der Waals surface area contributed by atoms with E-state index in [1.807, 2.05) is 19.1 Å². The van der Waals surface area contributed by atoms with Gasteiger partial charge < -0.3 is 10.1 Å². The Balaban J connectivity index is 2.13. The number of benzene rings is 2. The molecule has 6 nitrogen and oxygen atoms in total. The summed E-state index contributed by atoms with van der Waals surface area (Å²) < 4.78 is 6.90. The number of fused-ring (bicyclic) bond motifs is 1. The highest BCUT2D eigenvalue weighted by Gasteiger charge is 2.17. The zero-order valence-electron chi connectivity index (χ0n) is 15.6. The van der Waals surface area contributed by atoms with Crippen LogP contribution in [0.2, 0.25) is 5.02 Å². The highest BCUT2D eigenvalue weighted by molar-refractivity contribution is 7.99. The van der Waals surface area contributed by atoms with Gasteiger partial charge in [0, 0.05) is 11.6 Å². The summed E-state index contributed by atoms with van der Waals surface area (Å²) in [5, 5.41) is 4.16. The highest BCUT2D eigenvalue weighted by Crippen LogP contribution is 2.27. The summed E-state index contributed by atoms with van der Waals surface area (Å²) >= 11 is 7.27. The fourth-order valence-electron chi connectivity index (χ4n) is 2.71. The lowest BCUT2D eigenvalue weighted by molar-refractivity contribution is -0.118. The maximum Gasteiger partial charge on any atom is 0.266 e. The van der Waals surface area contributed by atoms with Crippen molar-refractivity contribution in [3.63, 3.8) is 0 Å². The van der Waals surface area contributed by atoms with Crippen LogP contribution < -0.4 is 15.6 Å². The summed E-state index contributed by atoms with van der Waals surface area (Å²) in [5.74, 6) is 0.573. The lowest BCUT2D eigenvalue weighted by Crippen LogP contribution is -2.27. The number of ether oxygens (including phenoxy) is 1. The number of methoxy groups -OCH3 is 1. The van der Waals surface area contributed by atoms with Gasteiger partial charge in [-0.15, -0.1) is 0 Å². The zero-order valence-corrected chi connectivity index (χ0v) is 17.1. The fourth-order valence-corrected chi connectivity index (χ4v) is 3.71. The van der Waals surface area contributed by atoms with Gasteiger partial charge in [-0.1, -0.05) is 42.4 Å². The fraction of sp³-hybridized carbons (Fsp3) is 0.250. The lowest BCUT2D eigenvalue weighted by Gasteiger charge is -2.15. The van der Waals surface area contributed by atoms with Crippen LogP contribution in [0.4, 0.5) is 0 Å². The molecule has 1 heterocycles. The molecule has 0 unspecified atom stereocenters. The number of para-hydroxylation sites is 2. The Kier molecular flexibility index (Phi) is 6.59. The summed E-state index contributed by atoms with van der Waals surface area (Å²) in [6.07, 6.45) is 0.856. The van der Waals surface area contributed by atoms with E-state index in [4.69, 9.17) is 16.3 Å². The Morgan fingerprint density at radius 1 is 1.29 bits per heavy atom. The van der Waals surface area contributed by atoms with Gasteiger partial charge in [0.1, 0.15) is 5.75 Å². The van der Waals surface area contributed by atoms with Crippen LogP contribution in [0, 0.1) is 0 Å². The van der Waals surface area contributed by atoms with E-state index in [1.165, 1.54) is 16.3 Å². The Bertz CT molecular complexity index is 1070. The third-order valence-electron chi connectivity index (χ3n) is 4.03. The Morgan fingerprint density at radius 2 is 2.07 bits per heavy atom. The minimum atomic E-state index is -0.248. The molecule has 1 aromatic heterocycles. The van der Waals surface area contributed by atoms with E-state index in [0.717, 1.165) is 6.42 Å². The minimum absolute atomic E-state index is 0.112. The second kappa shape index (κ2) is 9.12. The van der Waals surface area contributed by atoms with Crippen molar-refractivity contribution in [2.45, 2.75) is 18.5 Å². The van der Waals surface area contributed by atoms with Crippen LogP contribution in [-0.2, 0) is 4.79 Å². The summed E-state index contributed by atoms with van der Waals surface area (Å²) in [4.78, 5) is 29.9. The molecule has 3 aromatic rings. The molecule has 3 rings (SSSR count). The number of hydrogen-bond acceptors (Lipinski definition) is 5. The number of rotatable bonds is 7. The molecule has 2 aromatic carbocycles. The van der Waals surface area contributed by atoms with E-state index >= 15 is 0 Å². The Hall–Kier alpha value is -2.51. The van der Waals surface area contributed by atoms with Crippen molar-refractivity contribution in [3.05, 3.63) is 57.8 Å². The van der Waals surface area contributed by atoms with Gasteiger partial charge in [0.05, 0.1) is 29.5 Å². The standard InChI is InChI=1S/C20H20ClN3O3S/c1-3-10-22-18(25)12-28-20-23-15-11-13(21)8-9-14(15)19(26)24(20)16-6-4-5-7-17(16)27-2/h4-9,11H,3,10,12H2,1-2H3,(H,22,25). The molecule has 1 amide bonds. The second-order valence-corrected chi connectivity index (χ2v) is 7.39. The number of carbonyl (C=O) groups excluding carboxylic acids is 1. The third-order valence-corrected chi connectivity index (χ3v) is 5.20. The Labute approximate surface area is 171 Å². The SMILES string of the molecule is CCCNC(=O)CSc1nc2cc(Cl)ccc2c(=O)n1-c1ccccc1OC. The number of carbonyl (C=O) groups is 1. The summed E-state index contributed by atoms with van der Waals surface area (Å²) in [6.45, 7) is 2.60. The van der Waals surface area contributed by atoms with Crippen LogP contribution in [0.15, 0.2) is 52.4 Å². The van der Waals surface area contributed by atoms with Gasteiger partial charge in [-0.05, 0) is 36.8 Å². The van der Waals surface area contributed by atoms with Crippen molar-refractivity contribution in [1.29, 1.82) is 0 Å². The largest absolute Gasteiger partial charge is 0.495 e. The maximum absolute atomic E-state index is 13.3. The van der Waals surface area contributed by atoms with Crippen molar-refractivity contribution in [2.75, 3.05) is 19.4 Å². The van der Waals surface area contributed by atoms with Gasteiger partial charge in [0.25, 0.3) is 5.56 Å². The minimum Gasteiger partial charge on any atom is -0.495 e. The molecule has 0 radical (unpaired) electrons. The first-order valence-electron chi connectivity index (χ1n) is 8.80. The molecule has 0 saturated carbocycles. The molecule has 0 atom stereocenters. The molecule has 1 N–H and O–H groups in total. The quantitative estimate of drug-likeness (QED) is 0.469. The van der Waals surface area contributed by atoms with Gasteiger partial charge in [-0.3, -0.25) is 14.2 Å². The predicted octanol–water partition coefficient (Wildman–Crippen LogP) is 3.67. The summed E-state index contributed by atoms with van der Waals surface area (Å²) in [5.41, 5.74) is 0.804. The number of aromatic nitrogens is 2. The smallest absolute Gasteiger partial charge is 0.266 e. The second-order valence-electron chi connectivity index (χ2n) is 6.01. The molecule has 0 saturated heterocycles. The van der Waals surface area contributed by atoms with Crippen molar-refractivity contribution in [3.8, 4) is 11.4 Å². The van der Waals surface area contributed by atoms with Crippen LogP contribution >= 0.6 is 23.4 Å². The number of nitrogens with zero attached hydrogens (tertiary/aromatic N) is 2. The van der Waals surface area contributed by atoms with Gasteiger partial charge in [0.2, 0.25) is 5.91 Å². The number of halogens is 1. The normalized spacial score (nSPS) is 10.8. The van der Waals surface area contributed by atoms with E-state index in [-0.39, 0.29) is 17.2 Å². The molecule has 0 spiro atoms. The first kappa shape index (κ1) is 20.2. The van der Waals surface area contributed by atoms with Gasteiger partial charge in [0.15, 0.2) is 5.16 Å². The molecule has 0 bridgehead atoms. The molecular formula is C20H20ClN3O3S. The number of amides is 1. The molecule has 8 heteroatoms. The Morgan fingerprint density at radius 3 is 2.82 bits per heavy atom. The average molecular weight is 418 g/mol. The zero-order chi connectivity index (χ0) is 20.1. The van der Waals surface area contributed by atoms with Crippen molar-refractivity contribution >= 4 is 40.2 Å². The molecule has 28 heavy (non-hydrogen) atoms. The predicted molar refractivity (Wildman–Crippen MR) is 113 cm³/mol. The van der Waals surface area contributed by atoms with Crippen LogP contribution in [-0.4, -0.2) is 34.9 Å². The number of hydrogen-bond donors (Lipinski definition) is 1. The molecule has 0 aliphatic heterocycles. The third kappa shape index (κ3) is 4.31. The molecule has 0 aliphatic carbocycles. The summed E-state index contributed by atoms with van der Waals surface area (Å²) in [6, 6.07) is 12.2. The van der Waals surface area contributed by atoms with Crippen molar-refractivity contribution in [2.24, 2.45) is 0 Å². The van der Waals surface area contributed by atoms with Crippen molar-refractivity contribution < 1.29 is 9.53 Å². The van der Waals surface area contributed by atoms with Crippen LogP contribution in [0.1, 0.15) is 13.3 Å². The lowest BCUT2D eigenvalue weighted by atomic mass is 10.2. The van der Waals surface area contributed by atoms with E-state index < -0.39 is 0 Å². The van der Waals surface area contributed by atoms with Gasteiger partial charge in [-0.2, -0.15) is 0 Å². The summed E-state index contributed by atoms with van der Waals surface area (Å²) in [7, 11) is 1.54. The van der Waals surface area contributed by atoms with E-state index in [0.29, 0.717) is 39.1 Å².